The number of ether oxygens (including phenoxy) is 2. The molecule has 0 unspecified atom stereocenters. The molecule has 1 heterocycles. The van der Waals surface area contributed by atoms with Crippen LogP contribution in [-0.4, -0.2) is 82.8 Å². The highest BCUT2D eigenvalue weighted by Gasteiger charge is 2.41. The molecule has 2 aromatic rings. The highest BCUT2D eigenvalue weighted by Crippen LogP contribution is 2.33. The number of methoxy groups -OCH3 is 1. The van der Waals surface area contributed by atoms with Gasteiger partial charge in [-0.05, 0) is 68.9 Å². The van der Waals surface area contributed by atoms with E-state index in [0.29, 0.717) is 29.5 Å². The SMILES string of the molecule is CC[C@H](C)[C@H]1C(=O)N[C@H](Cc2cc(Cl)c(O)c(Cl)c2)C(=O)N[C@@H](C(C)(C)O)C(=O)O[C@H](c2ccccc2)[C@H](C)/C=C/C=C(\C)[C@H](OC)C/C=C(\C)C(=O)N1C. The van der Waals surface area contributed by atoms with Gasteiger partial charge in [-0.15, -0.1) is 0 Å². The van der Waals surface area contributed by atoms with E-state index in [-0.39, 0.29) is 46.1 Å². The Balaban J connectivity index is 2.21. The number of amides is 3. The molecule has 0 spiro atoms. The van der Waals surface area contributed by atoms with Gasteiger partial charge in [-0.25, -0.2) is 4.79 Å². The van der Waals surface area contributed by atoms with Crippen LogP contribution >= 0.6 is 23.2 Å². The summed E-state index contributed by atoms with van der Waals surface area (Å²) in [5, 5.41) is 26.8. The number of halogens is 2. The lowest BCUT2D eigenvalue weighted by atomic mass is 9.94. The number of nitrogens with one attached hydrogen (secondary N) is 2. The third-order valence-electron chi connectivity index (χ3n) is 9.96. The number of allylic oxidation sites excluding steroid dienone is 2. The summed E-state index contributed by atoms with van der Waals surface area (Å²) in [4.78, 5) is 57.8. The third kappa shape index (κ3) is 12.2. The number of phenolic OH excluding ortho intramolecular Hbond substituents is 1. The van der Waals surface area contributed by atoms with Crippen LogP contribution in [0.4, 0.5) is 0 Å². The van der Waals surface area contributed by atoms with Gasteiger partial charge in [0.1, 0.15) is 18.2 Å². The van der Waals surface area contributed by atoms with E-state index in [0.717, 1.165) is 5.57 Å². The lowest BCUT2D eigenvalue weighted by Crippen LogP contribution is -2.61. The van der Waals surface area contributed by atoms with Crippen molar-refractivity contribution >= 4 is 46.9 Å². The maximum absolute atomic E-state index is 14.3. The first-order valence-corrected chi connectivity index (χ1v) is 19.1. The number of benzene rings is 2. The summed E-state index contributed by atoms with van der Waals surface area (Å²) in [6.45, 7) is 11.9. The zero-order valence-corrected chi connectivity index (χ0v) is 34.6. The van der Waals surface area contributed by atoms with Crippen molar-refractivity contribution in [2.75, 3.05) is 14.2 Å². The number of carbonyl (C=O) groups is 4. The summed E-state index contributed by atoms with van der Waals surface area (Å²) in [5.74, 6) is -3.80. The molecule has 0 aliphatic carbocycles. The number of rotatable bonds is 7. The quantitative estimate of drug-likeness (QED) is 0.227. The van der Waals surface area contributed by atoms with Crippen molar-refractivity contribution in [3.05, 3.63) is 99.1 Å². The first-order valence-electron chi connectivity index (χ1n) is 18.4. The molecule has 2 aromatic carbocycles. The molecule has 7 atom stereocenters. The van der Waals surface area contributed by atoms with E-state index in [1.165, 1.54) is 37.9 Å². The van der Waals surface area contributed by atoms with E-state index in [1.807, 2.05) is 76.3 Å². The van der Waals surface area contributed by atoms with E-state index < -0.39 is 47.6 Å². The Bertz CT molecular complexity index is 1750. The van der Waals surface area contributed by atoms with Gasteiger partial charge in [0.15, 0.2) is 11.8 Å². The van der Waals surface area contributed by atoms with Gasteiger partial charge in [-0.3, -0.25) is 14.4 Å². The minimum absolute atomic E-state index is 0.0730. The van der Waals surface area contributed by atoms with Gasteiger partial charge < -0.3 is 35.2 Å². The van der Waals surface area contributed by atoms with E-state index in [9.17, 15) is 29.4 Å². The molecule has 0 aromatic heterocycles. The number of esters is 1. The molecule has 0 saturated carbocycles. The number of nitrogens with zero attached hydrogens (tertiary/aromatic N) is 1. The van der Waals surface area contributed by atoms with Crippen molar-refractivity contribution < 1.29 is 38.9 Å². The first-order chi connectivity index (χ1) is 25.8. The lowest BCUT2D eigenvalue weighted by molar-refractivity contribution is -0.162. The summed E-state index contributed by atoms with van der Waals surface area (Å²) in [6.07, 6.45) is 6.96. The number of cyclic esters (lactones) is 1. The van der Waals surface area contributed by atoms with Crippen LogP contribution in [0.25, 0.3) is 0 Å². The van der Waals surface area contributed by atoms with Gasteiger partial charge in [0.05, 0.1) is 21.8 Å². The summed E-state index contributed by atoms with van der Waals surface area (Å²) in [7, 11) is 3.13. The number of hydrogen-bond acceptors (Lipinski definition) is 8. The molecule has 55 heavy (non-hydrogen) atoms. The van der Waals surface area contributed by atoms with E-state index >= 15 is 0 Å². The molecule has 1 aliphatic rings. The van der Waals surface area contributed by atoms with Crippen molar-refractivity contribution in [1.82, 2.24) is 15.5 Å². The van der Waals surface area contributed by atoms with Crippen LogP contribution in [-0.2, 0) is 35.1 Å². The van der Waals surface area contributed by atoms with Crippen LogP contribution in [0.2, 0.25) is 10.0 Å². The molecule has 0 saturated heterocycles. The number of aromatic hydroxyl groups is 1. The van der Waals surface area contributed by atoms with Crippen LogP contribution in [0.3, 0.4) is 0 Å². The Morgan fingerprint density at radius 1 is 1.04 bits per heavy atom. The number of phenols is 1. The van der Waals surface area contributed by atoms with Crippen LogP contribution < -0.4 is 10.6 Å². The van der Waals surface area contributed by atoms with Crippen molar-refractivity contribution in [1.29, 1.82) is 0 Å². The molecule has 1 aliphatic heterocycles. The van der Waals surface area contributed by atoms with Crippen LogP contribution in [0.15, 0.2) is 77.9 Å². The molecule has 300 valence electrons. The zero-order chi connectivity index (χ0) is 41.2. The Labute approximate surface area is 334 Å². The predicted molar refractivity (Wildman–Crippen MR) is 215 cm³/mol. The van der Waals surface area contributed by atoms with Crippen molar-refractivity contribution in [3.8, 4) is 5.75 Å². The largest absolute Gasteiger partial charge is 0.505 e. The Hall–Kier alpha value is -4.16. The Kier molecular flexibility index (Phi) is 16.6. The van der Waals surface area contributed by atoms with Gasteiger partial charge in [-0.1, -0.05) is 105 Å². The first kappa shape index (κ1) is 45.2. The summed E-state index contributed by atoms with van der Waals surface area (Å²) < 4.78 is 11.9. The Morgan fingerprint density at radius 3 is 2.22 bits per heavy atom. The monoisotopic (exact) mass is 799 g/mol. The fourth-order valence-electron chi connectivity index (χ4n) is 6.39. The maximum Gasteiger partial charge on any atom is 0.332 e. The Morgan fingerprint density at radius 2 is 1.65 bits per heavy atom. The summed E-state index contributed by atoms with van der Waals surface area (Å²) in [5.41, 5.74) is 0.543. The van der Waals surface area contributed by atoms with Crippen LogP contribution in [0.5, 0.6) is 5.75 Å². The van der Waals surface area contributed by atoms with Gasteiger partial charge in [0.25, 0.3) is 0 Å². The average molecular weight is 801 g/mol. The number of carbonyl (C=O) groups excluding carboxylic acids is 4. The molecular formula is C42H55Cl2N3O8. The fourth-order valence-corrected chi connectivity index (χ4v) is 6.93. The topological polar surface area (TPSA) is 155 Å². The molecule has 0 bridgehead atoms. The van der Waals surface area contributed by atoms with Gasteiger partial charge >= 0.3 is 5.97 Å². The number of likely N-dealkylation sites (N-methyl/N-ethyl adjacent to an activating group) is 1. The highest BCUT2D eigenvalue weighted by atomic mass is 35.5. The third-order valence-corrected chi connectivity index (χ3v) is 10.5. The predicted octanol–water partition coefficient (Wildman–Crippen LogP) is 6.64. The minimum atomic E-state index is -1.83. The summed E-state index contributed by atoms with van der Waals surface area (Å²) in [6, 6.07) is 7.97. The van der Waals surface area contributed by atoms with E-state index in [4.69, 9.17) is 32.7 Å². The molecule has 3 amide bonds. The standard InChI is InChI=1S/C42H55Cl2N3O8/c1-10-24(2)34-39(50)45-32(23-28-21-30(43)35(48)31(44)22-28)38(49)46-37(42(6,7)53)41(52)55-36(29-17-12-11-13-18-29)26(4)16-14-15-25(3)33(54-9)20-19-27(5)40(51)47(34)8/h11-19,21-22,24,26,32-34,36-37,48,53H,10,20,23H2,1-9H3,(H,45,50)(H,46,49)/b16-14+,25-15+,27-19+/t24-,26+,32+,33+,34-,36-,37+/m0/s1. The smallest absolute Gasteiger partial charge is 0.332 e. The normalized spacial score (nSPS) is 27.3. The van der Waals surface area contributed by atoms with Crippen molar-refractivity contribution in [2.45, 2.75) is 104 Å². The fraction of sp³-hybridized carbons (Fsp3) is 0.476. The van der Waals surface area contributed by atoms with Crippen molar-refractivity contribution in [2.24, 2.45) is 11.8 Å². The molecule has 3 rings (SSSR count). The molecule has 13 heteroatoms. The highest BCUT2D eigenvalue weighted by molar-refractivity contribution is 6.37. The van der Waals surface area contributed by atoms with Gasteiger partial charge in [-0.2, -0.15) is 0 Å². The lowest BCUT2D eigenvalue weighted by Gasteiger charge is -2.34. The second-order valence-corrected chi connectivity index (χ2v) is 15.6. The minimum Gasteiger partial charge on any atom is -0.505 e. The van der Waals surface area contributed by atoms with Crippen LogP contribution in [0, 0.1) is 11.8 Å². The molecule has 0 radical (unpaired) electrons. The van der Waals surface area contributed by atoms with E-state index in [1.54, 1.807) is 20.1 Å². The van der Waals surface area contributed by atoms with Crippen molar-refractivity contribution in [3.63, 3.8) is 0 Å². The van der Waals surface area contributed by atoms with Gasteiger partial charge in [0.2, 0.25) is 17.7 Å². The maximum atomic E-state index is 14.3. The van der Waals surface area contributed by atoms with Crippen LogP contribution in [0.1, 0.15) is 78.5 Å². The molecule has 11 nitrogen and oxygen atoms in total. The summed E-state index contributed by atoms with van der Waals surface area (Å²) >= 11 is 12.4. The average Bonchev–Trinajstić information content (AvgIpc) is 3.13. The number of hydrogen-bond donors (Lipinski definition) is 4. The molecule has 4 N–H and O–H groups in total. The zero-order valence-electron chi connectivity index (χ0n) is 33.1. The number of aliphatic hydroxyl groups is 1. The molecule has 0 fully saturated rings. The second kappa shape index (κ2) is 20.1. The van der Waals surface area contributed by atoms with Gasteiger partial charge in [0, 0.05) is 32.1 Å². The second-order valence-electron chi connectivity index (χ2n) is 14.8. The molecular weight excluding hydrogens is 745 g/mol. The van der Waals surface area contributed by atoms with E-state index in [2.05, 4.69) is 10.6 Å².